The number of likely N-dealkylation sites (N-methyl/N-ethyl adjacent to an activating group) is 1. The van der Waals surface area contributed by atoms with Gasteiger partial charge in [0.15, 0.2) is 0 Å². The van der Waals surface area contributed by atoms with Gasteiger partial charge in [0.25, 0.3) is 0 Å². The molecule has 0 radical (unpaired) electrons. The highest BCUT2D eigenvalue weighted by Crippen LogP contribution is 2.49. The minimum Gasteiger partial charge on any atom is -0.506 e. The van der Waals surface area contributed by atoms with E-state index in [-0.39, 0.29) is 17.0 Å². The summed E-state index contributed by atoms with van der Waals surface area (Å²) in [5, 5.41) is 10.8. The van der Waals surface area contributed by atoms with Gasteiger partial charge in [0.2, 0.25) is 5.78 Å². The Bertz CT molecular complexity index is 1090. The van der Waals surface area contributed by atoms with Crippen LogP contribution in [0.4, 0.5) is 5.69 Å². The van der Waals surface area contributed by atoms with Crippen molar-refractivity contribution in [2.45, 2.75) is 53.4 Å². The molecule has 0 atom stereocenters. The number of nitrogens with zero attached hydrogens (tertiary/aromatic N) is 2. The Morgan fingerprint density at radius 3 is 2.45 bits per heavy atom. The van der Waals surface area contributed by atoms with E-state index in [2.05, 4.69) is 49.7 Å². The number of hydrogen-bond donors (Lipinski definition) is 1. The standard InChI is InChI=1S/C25H28N2O2/c1-7-16-14(3)22(26-15(16)4)21-23(28)17(24(21)29)13-20-25(5,6)18-11-9-10-12-19(18)27(20)8-2/h9-13,28H,7-8H2,1-6H3/b20-13-,22-21+. The van der Waals surface area contributed by atoms with Crippen LogP contribution < -0.4 is 4.90 Å². The Kier molecular flexibility index (Phi) is 4.41. The van der Waals surface area contributed by atoms with Crippen LogP contribution in [-0.4, -0.2) is 23.1 Å². The Morgan fingerprint density at radius 2 is 1.86 bits per heavy atom. The van der Waals surface area contributed by atoms with Gasteiger partial charge in [0.05, 0.1) is 16.8 Å². The average Bonchev–Trinajstić information content (AvgIpc) is 3.09. The van der Waals surface area contributed by atoms with E-state index in [0.717, 1.165) is 35.5 Å². The second-order valence-corrected chi connectivity index (χ2v) is 8.39. The van der Waals surface area contributed by atoms with Crippen molar-refractivity contribution in [3.63, 3.8) is 0 Å². The second-order valence-electron chi connectivity index (χ2n) is 8.39. The van der Waals surface area contributed by atoms with E-state index in [0.29, 0.717) is 16.8 Å². The average molecular weight is 389 g/mol. The molecule has 1 aliphatic carbocycles. The molecule has 0 fully saturated rings. The van der Waals surface area contributed by atoms with Gasteiger partial charge in [0.1, 0.15) is 5.76 Å². The quantitative estimate of drug-likeness (QED) is 0.692. The SMILES string of the molecule is CCC1=C(C)/C(=C2\C(=O)C(/C=C3\N(CC)c4ccccc4C3(C)C)=C2O)N=C1C. The molecule has 0 saturated heterocycles. The fourth-order valence-corrected chi connectivity index (χ4v) is 4.85. The van der Waals surface area contributed by atoms with Gasteiger partial charge in [-0.3, -0.25) is 9.79 Å². The van der Waals surface area contributed by atoms with E-state index in [9.17, 15) is 9.90 Å². The molecule has 0 spiro atoms. The van der Waals surface area contributed by atoms with E-state index < -0.39 is 0 Å². The predicted octanol–water partition coefficient (Wildman–Crippen LogP) is 5.54. The molecule has 4 rings (SSSR count). The Labute approximate surface area is 172 Å². The number of aliphatic hydroxyl groups excluding tert-OH is 1. The number of carbonyl (C=O) groups is 1. The number of Topliss-reactive ketones (excluding diaryl/α,β-unsaturated/α-hetero) is 1. The molecule has 1 N–H and O–H groups in total. The van der Waals surface area contributed by atoms with E-state index in [1.807, 2.05) is 32.1 Å². The molecule has 0 saturated carbocycles. The molecule has 3 aliphatic rings. The maximum Gasteiger partial charge on any atom is 0.202 e. The van der Waals surface area contributed by atoms with Crippen molar-refractivity contribution in [3.8, 4) is 0 Å². The Hall–Kier alpha value is -2.88. The smallest absolute Gasteiger partial charge is 0.202 e. The second kappa shape index (κ2) is 6.58. The lowest BCUT2D eigenvalue weighted by Crippen LogP contribution is -2.29. The summed E-state index contributed by atoms with van der Waals surface area (Å²) in [5.74, 6) is -0.0605. The Balaban J connectivity index is 1.82. The monoisotopic (exact) mass is 388 g/mol. The molecular weight excluding hydrogens is 360 g/mol. The van der Waals surface area contributed by atoms with E-state index in [1.165, 1.54) is 11.3 Å². The van der Waals surface area contributed by atoms with Crippen LogP contribution in [0.5, 0.6) is 0 Å². The summed E-state index contributed by atoms with van der Waals surface area (Å²) >= 11 is 0. The van der Waals surface area contributed by atoms with Crippen LogP contribution in [0.1, 0.15) is 53.5 Å². The molecule has 4 nitrogen and oxygen atoms in total. The number of aliphatic imine (C=N–C) groups is 1. The maximum absolute atomic E-state index is 13.0. The third-order valence-corrected chi connectivity index (χ3v) is 6.47. The van der Waals surface area contributed by atoms with Crippen LogP contribution in [0.15, 0.2) is 74.8 Å². The third-order valence-electron chi connectivity index (χ3n) is 6.47. The highest BCUT2D eigenvalue weighted by atomic mass is 16.3. The molecule has 0 unspecified atom stereocenters. The number of fused-ring (bicyclic) bond motifs is 1. The van der Waals surface area contributed by atoms with Gasteiger partial charge in [-0.05, 0) is 56.0 Å². The number of benzene rings is 1. The van der Waals surface area contributed by atoms with Gasteiger partial charge < -0.3 is 10.0 Å². The van der Waals surface area contributed by atoms with E-state index in [4.69, 9.17) is 0 Å². The van der Waals surface area contributed by atoms with Crippen LogP contribution in [-0.2, 0) is 10.2 Å². The molecule has 2 heterocycles. The summed E-state index contributed by atoms with van der Waals surface area (Å²) in [7, 11) is 0. The van der Waals surface area contributed by atoms with Gasteiger partial charge in [0, 0.05) is 29.1 Å². The zero-order valence-electron chi connectivity index (χ0n) is 18.1. The lowest BCUT2D eigenvalue weighted by Gasteiger charge is -2.28. The molecule has 150 valence electrons. The van der Waals surface area contributed by atoms with Gasteiger partial charge in [-0.1, -0.05) is 39.0 Å². The zero-order valence-corrected chi connectivity index (χ0v) is 18.1. The fourth-order valence-electron chi connectivity index (χ4n) is 4.85. The highest BCUT2D eigenvalue weighted by molar-refractivity contribution is 6.22. The molecule has 0 bridgehead atoms. The normalized spacial score (nSPS) is 24.5. The number of para-hydroxylation sites is 1. The molecule has 4 heteroatoms. The summed E-state index contributed by atoms with van der Waals surface area (Å²) in [4.78, 5) is 19.8. The highest BCUT2D eigenvalue weighted by Gasteiger charge is 2.43. The lowest BCUT2D eigenvalue weighted by atomic mass is 9.79. The number of anilines is 1. The number of ketones is 1. The van der Waals surface area contributed by atoms with Crippen molar-refractivity contribution in [1.29, 1.82) is 0 Å². The molecule has 1 aromatic rings. The minimum atomic E-state index is -0.240. The first-order chi connectivity index (χ1) is 13.7. The summed E-state index contributed by atoms with van der Waals surface area (Å²) < 4.78 is 0. The lowest BCUT2D eigenvalue weighted by molar-refractivity contribution is -0.113. The molecule has 29 heavy (non-hydrogen) atoms. The summed E-state index contributed by atoms with van der Waals surface area (Å²) in [6.07, 6.45) is 2.74. The van der Waals surface area contributed by atoms with Crippen LogP contribution >= 0.6 is 0 Å². The first kappa shape index (κ1) is 19.4. The molecule has 2 aliphatic heterocycles. The van der Waals surface area contributed by atoms with E-state index in [1.54, 1.807) is 0 Å². The first-order valence-corrected chi connectivity index (χ1v) is 10.3. The van der Waals surface area contributed by atoms with Crippen LogP contribution in [0.25, 0.3) is 0 Å². The molecule has 0 amide bonds. The van der Waals surface area contributed by atoms with Crippen LogP contribution in [0.3, 0.4) is 0 Å². The van der Waals surface area contributed by atoms with Crippen molar-refractivity contribution in [2.75, 3.05) is 11.4 Å². The van der Waals surface area contributed by atoms with Gasteiger partial charge in [-0.2, -0.15) is 0 Å². The van der Waals surface area contributed by atoms with Gasteiger partial charge in [-0.25, -0.2) is 0 Å². The maximum atomic E-state index is 13.0. The number of hydrogen-bond acceptors (Lipinski definition) is 4. The number of carbonyl (C=O) groups excluding carboxylic acids is 1. The largest absolute Gasteiger partial charge is 0.506 e. The summed E-state index contributed by atoms with van der Waals surface area (Å²) in [5.41, 5.74) is 7.65. The molecule has 1 aromatic carbocycles. The predicted molar refractivity (Wildman–Crippen MR) is 118 cm³/mol. The van der Waals surface area contributed by atoms with E-state index >= 15 is 0 Å². The van der Waals surface area contributed by atoms with Crippen molar-refractivity contribution < 1.29 is 9.90 Å². The van der Waals surface area contributed by atoms with Crippen molar-refractivity contribution in [2.24, 2.45) is 4.99 Å². The Morgan fingerprint density at radius 1 is 1.17 bits per heavy atom. The zero-order chi connectivity index (χ0) is 21.1. The van der Waals surface area contributed by atoms with Crippen molar-refractivity contribution >= 4 is 17.2 Å². The summed E-state index contributed by atoms with van der Waals surface area (Å²) in [6.45, 7) is 13.3. The van der Waals surface area contributed by atoms with Crippen molar-refractivity contribution in [1.82, 2.24) is 0 Å². The number of aliphatic hydroxyl groups is 1. The summed E-state index contributed by atoms with van der Waals surface area (Å²) in [6, 6.07) is 8.34. The van der Waals surface area contributed by atoms with Crippen LogP contribution in [0, 0.1) is 0 Å². The first-order valence-electron chi connectivity index (χ1n) is 10.3. The number of allylic oxidation sites excluding steroid dienone is 6. The van der Waals surface area contributed by atoms with Gasteiger partial charge in [-0.15, -0.1) is 0 Å². The minimum absolute atomic E-state index is 0.0635. The molecular formula is C25H28N2O2. The fraction of sp³-hybridized carbons (Fsp3) is 0.360. The number of rotatable bonds is 3. The molecule has 0 aromatic heterocycles. The van der Waals surface area contributed by atoms with Gasteiger partial charge >= 0.3 is 0 Å². The topological polar surface area (TPSA) is 52.9 Å². The third kappa shape index (κ3) is 2.58. The van der Waals surface area contributed by atoms with Crippen LogP contribution in [0.2, 0.25) is 0 Å². The van der Waals surface area contributed by atoms with Crippen molar-refractivity contribution in [3.05, 3.63) is 75.4 Å².